The van der Waals surface area contributed by atoms with Crippen LogP contribution in [0.15, 0.2) is 77.9 Å². The van der Waals surface area contributed by atoms with E-state index in [1.807, 2.05) is 101 Å². The molecule has 160 valence electrons. The van der Waals surface area contributed by atoms with Crippen LogP contribution in [0, 0.1) is 13.8 Å². The average Bonchev–Trinajstić information content (AvgIpc) is 2.73. The van der Waals surface area contributed by atoms with Gasteiger partial charge in [0.2, 0.25) is 0 Å². The number of rotatable bonds is 6. The summed E-state index contributed by atoms with van der Waals surface area (Å²) in [6.45, 7) is 9.59. The summed E-state index contributed by atoms with van der Waals surface area (Å²) >= 11 is 0. The molecule has 0 unspecified atom stereocenters. The summed E-state index contributed by atoms with van der Waals surface area (Å²) < 4.78 is 5.75. The molecule has 0 aliphatic rings. The normalized spacial score (nSPS) is 12.2. The molecular weight excluding hydrogens is 384 g/mol. The molecule has 31 heavy (non-hydrogen) atoms. The summed E-state index contributed by atoms with van der Waals surface area (Å²) in [6.07, 6.45) is 2.27. The van der Waals surface area contributed by atoms with Crippen LogP contribution in [-0.2, 0) is 16.0 Å². The van der Waals surface area contributed by atoms with E-state index in [2.05, 4.69) is 11.1 Å². The molecule has 1 heterocycles. The number of pyridine rings is 1. The summed E-state index contributed by atoms with van der Waals surface area (Å²) in [4.78, 5) is 22.6. The Morgan fingerprint density at radius 1 is 0.968 bits per heavy atom. The first kappa shape index (κ1) is 22.4. The second kappa shape index (κ2) is 9.69. The molecule has 0 amide bonds. The third kappa shape index (κ3) is 6.35. The minimum atomic E-state index is -0.683. The maximum absolute atomic E-state index is 13.2. The Morgan fingerprint density at radius 2 is 1.52 bits per heavy atom. The van der Waals surface area contributed by atoms with E-state index < -0.39 is 11.6 Å². The van der Waals surface area contributed by atoms with Gasteiger partial charge in [0, 0.05) is 29.4 Å². The van der Waals surface area contributed by atoms with Crippen LogP contribution in [0.25, 0.3) is 0 Å². The van der Waals surface area contributed by atoms with Gasteiger partial charge in [-0.2, -0.15) is 0 Å². The number of esters is 1. The van der Waals surface area contributed by atoms with Crippen LogP contribution in [0.4, 0.5) is 0 Å². The van der Waals surface area contributed by atoms with E-state index in [4.69, 9.17) is 9.73 Å². The van der Waals surface area contributed by atoms with Crippen LogP contribution in [-0.4, -0.2) is 28.3 Å². The molecule has 3 aromatic rings. The van der Waals surface area contributed by atoms with E-state index >= 15 is 0 Å². The second-order valence-corrected chi connectivity index (χ2v) is 8.72. The first-order valence-electron chi connectivity index (χ1n) is 10.6. The molecule has 0 saturated carbocycles. The highest BCUT2D eigenvalue weighted by molar-refractivity contribution is 6.13. The first-order valence-corrected chi connectivity index (χ1v) is 10.6. The highest BCUT2D eigenvalue weighted by atomic mass is 16.6. The first-order chi connectivity index (χ1) is 14.7. The number of hydrogen-bond donors (Lipinski definition) is 0. The van der Waals surface area contributed by atoms with Crippen LogP contribution in [0.5, 0.6) is 0 Å². The number of carbonyl (C=O) groups is 1. The van der Waals surface area contributed by atoms with Gasteiger partial charge in [-0.3, -0.25) is 9.98 Å². The monoisotopic (exact) mass is 414 g/mol. The molecule has 3 rings (SSSR count). The SMILES string of the molecule is Cc1cnc(C)c(C[C@H](N=C(c2ccccc2)c2ccccc2)C(=O)OC(C)(C)C)c1. The predicted molar refractivity (Wildman–Crippen MR) is 126 cm³/mol. The van der Waals surface area contributed by atoms with Gasteiger partial charge >= 0.3 is 5.97 Å². The molecule has 0 bridgehead atoms. The molecule has 0 spiro atoms. The molecule has 4 nitrogen and oxygen atoms in total. The lowest BCUT2D eigenvalue weighted by Gasteiger charge is -2.23. The van der Waals surface area contributed by atoms with Gasteiger partial charge < -0.3 is 4.74 Å². The van der Waals surface area contributed by atoms with Crippen molar-refractivity contribution in [2.75, 3.05) is 0 Å². The standard InChI is InChI=1S/C27H30N2O2/c1-19-16-23(20(2)28-18-19)17-24(26(30)31-27(3,4)5)29-25(21-12-8-6-9-13-21)22-14-10-7-11-15-22/h6-16,18,24H,17H2,1-5H3/t24-/m0/s1. The van der Waals surface area contributed by atoms with E-state index in [1.54, 1.807) is 0 Å². The smallest absolute Gasteiger partial charge is 0.331 e. The van der Waals surface area contributed by atoms with Gasteiger partial charge in [0.15, 0.2) is 6.04 Å². The third-order valence-electron chi connectivity index (χ3n) is 4.80. The molecule has 0 aliphatic heterocycles. The fourth-order valence-corrected chi connectivity index (χ4v) is 3.33. The summed E-state index contributed by atoms with van der Waals surface area (Å²) in [5, 5.41) is 0. The lowest BCUT2D eigenvalue weighted by molar-refractivity contribution is -0.156. The Bertz CT molecular complexity index is 1010. The van der Waals surface area contributed by atoms with Crippen molar-refractivity contribution < 1.29 is 9.53 Å². The summed E-state index contributed by atoms with van der Waals surface area (Å²) in [6, 6.07) is 21.3. The van der Waals surface area contributed by atoms with Gasteiger partial charge in [0.05, 0.1) is 5.71 Å². The molecule has 4 heteroatoms. The largest absolute Gasteiger partial charge is 0.458 e. The predicted octanol–water partition coefficient (Wildman–Crippen LogP) is 5.49. The van der Waals surface area contributed by atoms with Crippen LogP contribution in [0.1, 0.15) is 48.7 Å². The van der Waals surface area contributed by atoms with Crippen molar-refractivity contribution in [1.82, 2.24) is 4.98 Å². The van der Waals surface area contributed by atoms with Crippen LogP contribution in [0.3, 0.4) is 0 Å². The molecule has 1 aromatic heterocycles. The minimum Gasteiger partial charge on any atom is -0.458 e. The van der Waals surface area contributed by atoms with Crippen molar-refractivity contribution in [1.29, 1.82) is 0 Å². The number of benzene rings is 2. The maximum atomic E-state index is 13.2. The number of hydrogen-bond acceptors (Lipinski definition) is 4. The Morgan fingerprint density at radius 3 is 2.03 bits per heavy atom. The van der Waals surface area contributed by atoms with Crippen molar-refractivity contribution in [2.45, 2.75) is 52.7 Å². The van der Waals surface area contributed by atoms with Crippen LogP contribution >= 0.6 is 0 Å². The van der Waals surface area contributed by atoms with Gasteiger partial charge in [-0.15, -0.1) is 0 Å². The molecule has 0 N–H and O–H groups in total. The highest BCUT2D eigenvalue weighted by Crippen LogP contribution is 2.19. The van der Waals surface area contributed by atoms with Crippen LogP contribution in [0.2, 0.25) is 0 Å². The molecule has 2 aromatic carbocycles. The Kier molecular flexibility index (Phi) is 7.01. The quantitative estimate of drug-likeness (QED) is 0.396. The van der Waals surface area contributed by atoms with Gasteiger partial charge in [-0.25, -0.2) is 4.79 Å². The van der Waals surface area contributed by atoms with Crippen molar-refractivity contribution in [3.63, 3.8) is 0 Å². The third-order valence-corrected chi connectivity index (χ3v) is 4.80. The van der Waals surface area contributed by atoms with Gasteiger partial charge in [-0.05, 0) is 45.7 Å². The fraction of sp³-hybridized carbons (Fsp3) is 0.296. The van der Waals surface area contributed by atoms with Gasteiger partial charge in [0.1, 0.15) is 5.60 Å². The average molecular weight is 415 g/mol. The van der Waals surface area contributed by atoms with E-state index in [9.17, 15) is 4.79 Å². The Balaban J connectivity index is 2.09. The van der Waals surface area contributed by atoms with Crippen molar-refractivity contribution in [3.05, 3.63) is 101 Å². The highest BCUT2D eigenvalue weighted by Gasteiger charge is 2.27. The summed E-state index contributed by atoms with van der Waals surface area (Å²) in [5.41, 5.74) is 5.05. The number of carbonyl (C=O) groups excluding carboxylic acids is 1. The molecule has 0 saturated heterocycles. The van der Waals surface area contributed by atoms with E-state index in [0.717, 1.165) is 33.7 Å². The van der Waals surface area contributed by atoms with Crippen molar-refractivity contribution in [3.8, 4) is 0 Å². The zero-order valence-corrected chi connectivity index (χ0v) is 18.9. The van der Waals surface area contributed by atoms with Gasteiger partial charge in [-0.1, -0.05) is 66.7 Å². The van der Waals surface area contributed by atoms with Gasteiger partial charge in [0.25, 0.3) is 0 Å². The number of nitrogens with zero attached hydrogens (tertiary/aromatic N) is 2. The molecule has 0 radical (unpaired) electrons. The molecule has 1 atom stereocenters. The topological polar surface area (TPSA) is 51.5 Å². The lowest BCUT2D eigenvalue weighted by atomic mass is 9.99. The van der Waals surface area contributed by atoms with Crippen molar-refractivity contribution >= 4 is 11.7 Å². The van der Waals surface area contributed by atoms with E-state index in [1.165, 1.54) is 0 Å². The Labute approximate surface area is 185 Å². The number of ether oxygens (including phenoxy) is 1. The lowest BCUT2D eigenvalue weighted by Crippen LogP contribution is -2.33. The van der Waals surface area contributed by atoms with Crippen molar-refractivity contribution in [2.24, 2.45) is 4.99 Å². The summed E-state index contributed by atoms with van der Waals surface area (Å²) in [7, 11) is 0. The zero-order valence-electron chi connectivity index (χ0n) is 18.9. The second-order valence-electron chi connectivity index (χ2n) is 8.72. The number of aryl methyl sites for hydroxylation is 2. The fourth-order valence-electron chi connectivity index (χ4n) is 3.33. The number of aliphatic imine (C=N–C) groups is 1. The van der Waals surface area contributed by atoms with Crippen LogP contribution < -0.4 is 0 Å². The minimum absolute atomic E-state index is 0.335. The zero-order chi connectivity index (χ0) is 22.4. The maximum Gasteiger partial charge on any atom is 0.331 e. The molecule has 0 aliphatic carbocycles. The summed E-state index contributed by atoms with van der Waals surface area (Å²) in [5.74, 6) is -0.335. The molecule has 0 fully saturated rings. The van der Waals surface area contributed by atoms with E-state index in [-0.39, 0.29) is 5.97 Å². The Hall–Kier alpha value is -3.27. The molecular formula is C27H30N2O2. The number of aromatic nitrogens is 1. The van der Waals surface area contributed by atoms with E-state index in [0.29, 0.717) is 6.42 Å².